The third-order valence-corrected chi connectivity index (χ3v) is 7.72. The van der Waals surface area contributed by atoms with Crippen LogP contribution < -0.4 is 10.2 Å². The molecule has 1 fully saturated rings. The van der Waals surface area contributed by atoms with Crippen LogP contribution in [0.25, 0.3) is 17.1 Å². The molecule has 1 aromatic carbocycles. The molecule has 5 rings (SSSR count). The predicted molar refractivity (Wildman–Crippen MR) is 158 cm³/mol. The van der Waals surface area contributed by atoms with Crippen molar-refractivity contribution >= 4 is 6.09 Å². The van der Waals surface area contributed by atoms with Crippen molar-refractivity contribution in [2.75, 3.05) is 13.2 Å². The molecule has 4 aromatic rings. The lowest BCUT2D eigenvalue weighted by Gasteiger charge is -2.44. The average molecular weight is 572 g/mol. The number of aromatic nitrogens is 6. The summed E-state index contributed by atoms with van der Waals surface area (Å²) in [5.41, 5.74) is 2.70. The molecule has 1 aliphatic rings. The summed E-state index contributed by atoms with van der Waals surface area (Å²) in [6, 6.07) is 9.23. The fourth-order valence-electron chi connectivity index (χ4n) is 5.36. The van der Waals surface area contributed by atoms with Crippen LogP contribution in [0, 0.1) is 11.3 Å². The number of aryl methyl sites for hydroxylation is 1. The number of hydrogen-bond acceptors (Lipinski definition) is 7. The highest BCUT2D eigenvalue weighted by Gasteiger charge is 2.38. The minimum absolute atomic E-state index is 0.0581. The molecule has 3 aromatic heterocycles. The molecule has 42 heavy (non-hydrogen) atoms. The number of nitrogens with zero attached hydrogens (tertiary/aromatic N) is 7. The summed E-state index contributed by atoms with van der Waals surface area (Å²) < 4.78 is 9.50. The second kappa shape index (κ2) is 12.1. The van der Waals surface area contributed by atoms with Crippen molar-refractivity contribution in [1.82, 2.24) is 34.4 Å². The van der Waals surface area contributed by atoms with Crippen molar-refractivity contribution in [3.8, 4) is 22.8 Å². The Morgan fingerprint density at radius 1 is 1.14 bits per heavy atom. The highest BCUT2D eigenvalue weighted by Crippen LogP contribution is 2.35. The van der Waals surface area contributed by atoms with Gasteiger partial charge in [-0.25, -0.2) is 19.4 Å². The van der Waals surface area contributed by atoms with Crippen LogP contribution in [0.2, 0.25) is 0 Å². The third-order valence-electron chi connectivity index (χ3n) is 7.72. The second-order valence-corrected chi connectivity index (χ2v) is 11.8. The number of amides is 1. The Morgan fingerprint density at radius 2 is 1.93 bits per heavy atom. The van der Waals surface area contributed by atoms with Gasteiger partial charge < -0.3 is 14.7 Å². The van der Waals surface area contributed by atoms with Crippen molar-refractivity contribution in [3.63, 3.8) is 0 Å². The molecule has 1 N–H and O–H groups in total. The monoisotopic (exact) mass is 571 g/mol. The van der Waals surface area contributed by atoms with Gasteiger partial charge in [0.2, 0.25) is 5.43 Å². The van der Waals surface area contributed by atoms with E-state index >= 15 is 0 Å². The maximum atomic E-state index is 12.6. The number of piperidine rings is 1. The molecule has 220 valence electrons. The first kappa shape index (κ1) is 29.0. The van der Waals surface area contributed by atoms with Crippen molar-refractivity contribution < 1.29 is 14.6 Å². The molecule has 1 saturated heterocycles. The van der Waals surface area contributed by atoms with Gasteiger partial charge in [0.1, 0.15) is 11.4 Å². The van der Waals surface area contributed by atoms with Gasteiger partial charge >= 0.3 is 6.09 Å². The van der Waals surface area contributed by atoms with Gasteiger partial charge in [-0.05, 0) is 42.7 Å². The summed E-state index contributed by atoms with van der Waals surface area (Å²) in [7, 11) is 0. The van der Waals surface area contributed by atoms with Gasteiger partial charge in [0, 0.05) is 43.4 Å². The van der Waals surface area contributed by atoms with E-state index in [-0.39, 0.29) is 22.8 Å². The molecular weight excluding hydrogens is 534 g/mol. The molecule has 1 aliphatic heterocycles. The molecule has 0 saturated carbocycles. The molecule has 11 nitrogen and oxygen atoms in total. The summed E-state index contributed by atoms with van der Waals surface area (Å²) in [6.07, 6.45) is 9.61. The van der Waals surface area contributed by atoms with Gasteiger partial charge in [0.25, 0.3) is 0 Å². The Labute approximate surface area is 244 Å². The van der Waals surface area contributed by atoms with Gasteiger partial charge in [0.15, 0.2) is 11.6 Å². The largest absolute Gasteiger partial charge is 0.490 e. The van der Waals surface area contributed by atoms with E-state index in [0.717, 1.165) is 36.2 Å². The fourth-order valence-corrected chi connectivity index (χ4v) is 5.36. The first-order chi connectivity index (χ1) is 20.1. The van der Waals surface area contributed by atoms with E-state index in [1.54, 1.807) is 34.4 Å². The Kier molecular flexibility index (Phi) is 8.37. The van der Waals surface area contributed by atoms with Crippen LogP contribution in [0.15, 0.2) is 66.1 Å². The van der Waals surface area contributed by atoms with Gasteiger partial charge in [-0.1, -0.05) is 39.0 Å². The lowest BCUT2D eigenvalue weighted by molar-refractivity contribution is 0.0302. The van der Waals surface area contributed by atoms with E-state index in [4.69, 9.17) is 4.74 Å². The van der Waals surface area contributed by atoms with Gasteiger partial charge in [-0.3, -0.25) is 9.48 Å². The normalized spacial score (nSPS) is 17.3. The van der Waals surface area contributed by atoms with Crippen LogP contribution in [-0.2, 0) is 13.0 Å². The Balaban J connectivity index is 1.23. The van der Waals surface area contributed by atoms with E-state index in [1.165, 1.54) is 6.07 Å². The SMILES string of the molecule is CCn1cc(-n2ccc(=O)c(Cc3cccc(-c4ncc(OCC5CCN(C(=O)O)C(C(C)(C)C)C5)cn4)c3)n2)cn1. The van der Waals surface area contributed by atoms with Crippen LogP contribution >= 0.6 is 0 Å². The second-order valence-electron chi connectivity index (χ2n) is 11.8. The van der Waals surface area contributed by atoms with E-state index in [1.807, 2.05) is 42.1 Å². The highest BCUT2D eigenvalue weighted by atomic mass is 16.5. The Bertz CT molecular complexity index is 1590. The zero-order chi connectivity index (χ0) is 29.9. The minimum atomic E-state index is -0.861. The van der Waals surface area contributed by atoms with Crippen LogP contribution in [0.5, 0.6) is 5.75 Å². The standard InChI is InChI=1S/C31H37N7O4/c1-5-36-19-24(16-34-36)38-12-10-27(39)26(35-38)14-21-7-6-8-23(13-21)29-32-17-25(18-33-29)42-20-22-9-11-37(30(40)41)28(15-22)31(2,3)4/h6-8,10,12-13,16-19,22,28H,5,9,11,14-15,20H2,1-4H3,(H,40,41). The number of benzene rings is 1. The molecule has 2 unspecified atom stereocenters. The van der Waals surface area contributed by atoms with Crippen molar-refractivity contribution in [2.45, 2.75) is 59.5 Å². The molecule has 0 bridgehead atoms. The van der Waals surface area contributed by atoms with Gasteiger partial charge in [-0.15, -0.1) is 0 Å². The first-order valence-electron chi connectivity index (χ1n) is 14.3. The molecular formula is C31H37N7O4. The number of carbonyl (C=O) groups is 1. The summed E-state index contributed by atoms with van der Waals surface area (Å²) >= 11 is 0. The van der Waals surface area contributed by atoms with E-state index < -0.39 is 6.09 Å². The summed E-state index contributed by atoms with van der Waals surface area (Å²) in [6.45, 7) is 9.98. The van der Waals surface area contributed by atoms with Gasteiger partial charge in [-0.2, -0.15) is 10.2 Å². The number of ether oxygens (including phenoxy) is 1. The number of hydrogen-bond donors (Lipinski definition) is 1. The molecule has 11 heteroatoms. The quantitative estimate of drug-likeness (QED) is 0.323. The molecule has 2 atom stereocenters. The zero-order valence-electron chi connectivity index (χ0n) is 24.5. The summed E-state index contributed by atoms with van der Waals surface area (Å²) in [4.78, 5) is 34.9. The van der Waals surface area contributed by atoms with Crippen molar-refractivity contribution in [2.24, 2.45) is 11.3 Å². The molecule has 1 amide bonds. The smallest absolute Gasteiger partial charge is 0.407 e. The Morgan fingerprint density at radius 3 is 2.62 bits per heavy atom. The van der Waals surface area contributed by atoms with E-state index in [2.05, 4.69) is 40.9 Å². The van der Waals surface area contributed by atoms with Gasteiger partial charge in [0.05, 0.1) is 31.4 Å². The fraction of sp³-hybridized carbons (Fsp3) is 0.419. The lowest BCUT2D eigenvalue weighted by Crippen LogP contribution is -2.52. The first-order valence-corrected chi connectivity index (χ1v) is 14.3. The van der Waals surface area contributed by atoms with Crippen LogP contribution in [-0.4, -0.2) is 64.8 Å². The number of carboxylic acid groups (broad SMARTS) is 1. The highest BCUT2D eigenvalue weighted by molar-refractivity contribution is 5.65. The predicted octanol–water partition coefficient (Wildman–Crippen LogP) is 4.68. The lowest BCUT2D eigenvalue weighted by atomic mass is 9.77. The molecule has 0 spiro atoms. The van der Waals surface area contributed by atoms with Crippen LogP contribution in [0.1, 0.15) is 51.8 Å². The van der Waals surface area contributed by atoms with Crippen molar-refractivity contribution in [1.29, 1.82) is 0 Å². The summed E-state index contributed by atoms with van der Waals surface area (Å²) in [5, 5.41) is 18.5. The Hall–Kier alpha value is -4.54. The molecule has 0 aliphatic carbocycles. The summed E-state index contributed by atoms with van der Waals surface area (Å²) in [5.74, 6) is 1.38. The third kappa shape index (κ3) is 6.67. The maximum absolute atomic E-state index is 12.6. The number of likely N-dealkylation sites (tertiary alicyclic amines) is 1. The zero-order valence-corrected chi connectivity index (χ0v) is 24.5. The maximum Gasteiger partial charge on any atom is 0.407 e. The topological polar surface area (TPSA) is 128 Å². The van der Waals surface area contributed by atoms with Crippen LogP contribution in [0.4, 0.5) is 4.79 Å². The van der Waals surface area contributed by atoms with Crippen LogP contribution in [0.3, 0.4) is 0 Å². The average Bonchev–Trinajstić information content (AvgIpc) is 3.46. The molecule has 4 heterocycles. The number of rotatable bonds is 8. The van der Waals surface area contributed by atoms with E-state index in [0.29, 0.717) is 36.8 Å². The molecule has 0 radical (unpaired) electrons. The minimum Gasteiger partial charge on any atom is -0.490 e. The van der Waals surface area contributed by atoms with Crippen molar-refractivity contribution in [3.05, 3.63) is 82.8 Å². The van der Waals surface area contributed by atoms with E-state index in [9.17, 15) is 14.7 Å².